The first-order chi connectivity index (χ1) is 7.72. The number of carbonyl (C=O) groups is 1. The Labute approximate surface area is 96.4 Å². The van der Waals surface area contributed by atoms with E-state index in [2.05, 4.69) is 6.58 Å². The van der Waals surface area contributed by atoms with E-state index in [1.54, 1.807) is 24.3 Å². The van der Waals surface area contributed by atoms with Crippen molar-refractivity contribution >= 4 is 21.6 Å². The van der Waals surface area contributed by atoms with Crippen LogP contribution in [0.4, 0.5) is 0 Å². The van der Waals surface area contributed by atoms with Gasteiger partial charge in [0.25, 0.3) is 0 Å². The molecule has 0 aromatic heterocycles. The highest BCUT2D eigenvalue weighted by molar-refractivity contribution is 6.39. The second kappa shape index (κ2) is 6.22. The number of benzene rings is 1. The van der Waals surface area contributed by atoms with Crippen molar-refractivity contribution in [2.75, 3.05) is 14.2 Å². The van der Waals surface area contributed by atoms with E-state index < -0.39 is 15.5 Å². The van der Waals surface area contributed by atoms with Crippen molar-refractivity contribution in [3.05, 3.63) is 42.0 Å². The van der Waals surface area contributed by atoms with Crippen molar-refractivity contribution in [1.82, 2.24) is 0 Å². The Kier molecular flexibility index (Phi) is 4.91. The smallest absolute Gasteiger partial charge is 0.467 e. The highest BCUT2D eigenvalue weighted by Gasteiger charge is 2.23. The summed E-state index contributed by atoms with van der Waals surface area (Å²) in [6.45, 7) is 3.63. The van der Waals surface area contributed by atoms with Crippen LogP contribution in [0.2, 0.25) is 0 Å². The van der Waals surface area contributed by atoms with Gasteiger partial charge in [-0.25, -0.2) is 4.79 Å². The number of hydrogen-bond donors (Lipinski definition) is 0. The monoisotopic (exact) mass is 237 g/mol. The van der Waals surface area contributed by atoms with Crippen LogP contribution in [0.15, 0.2) is 30.8 Å². The molecular weight excluding hydrogens is 224 g/mol. The van der Waals surface area contributed by atoms with Gasteiger partial charge in [-0.05, 0) is 11.6 Å². The second-order valence-corrected chi connectivity index (χ2v) is 4.36. The fourth-order valence-corrected chi connectivity index (χ4v) is 1.75. The van der Waals surface area contributed by atoms with Crippen LogP contribution >= 0.6 is 0 Å². The first-order valence-electron chi connectivity index (χ1n) is 4.61. The van der Waals surface area contributed by atoms with Gasteiger partial charge in [-0.15, -0.1) is 0 Å². The molecule has 0 unspecified atom stereocenters. The highest BCUT2D eigenvalue weighted by Crippen LogP contribution is 2.12. The lowest BCUT2D eigenvalue weighted by atomic mass is 10.1. The molecule has 0 saturated heterocycles. The number of carbonyl (C=O) groups excluding carboxylic acids is 1. The van der Waals surface area contributed by atoms with E-state index >= 15 is 0 Å². The van der Waals surface area contributed by atoms with Gasteiger partial charge >= 0.3 is 15.5 Å². The molecule has 0 saturated carbocycles. The van der Waals surface area contributed by atoms with Crippen molar-refractivity contribution in [1.29, 1.82) is 0 Å². The summed E-state index contributed by atoms with van der Waals surface area (Å²) < 4.78 is 14.8. The molecule has 0 aliphatic heterocycles. The molecule has 0 aliphatic carbocycles. The Morgan fingerprint density at radius 1 is 1.31 bits per heavy atom. The van der Waals surface area contributed by atoms with E-state index in [9.17, 15) is 4.79 Å². The molecule has 0 aliphatic rings. The Morgan fingerprint density at radius 2 is 1.94 bits per heavy atom. The second-order valence-electron chi connectivity index (χ2n) is 2.84. The topological polar surface area (TPSA) is 44.8 Å². The van der Waals surface area contributed by atoms with Crippen LogP contribution < -0.4 is 0 Å². The normalized spacial score (nSPS) is 10.2. The predicted molar refractivity (Wildman–Crippen MR) is 61.7 cm³/mol. The van der Waals surface area contributed by atoms with E-state index in [1.165, 1.54) is 14.2 Å². The van der Waals surface area contributed by atoms with E-state index in [0.29, 0.717) is 5.56 Å². The van der Waals surface area contributed by atoms with Gasteiger partial charge < -0.3 is 13.3 Å². The molecule has 1 aromatic rings. The third kappa shape index (κ3) is 3.03. The Morgan fingerprint density at radius 3 is 2.50 bits per heavy atom. The Balaban J connectivity index is 2.83. The van der Waals surface area contributed by atoms with E-state index in [-0.39, 0.29) is 0 Å². The molecule has 16 heavy (non-hydrogen) atoms. The van der Waals surface area contributed by atoms with E-state index in [4.69, 9.17) is 13.3 Å². The molecule has 0 heterocycles. The molecule has 0 bridgehead atoms. The van der Waals surface area contributed by atoms with Gasteiger partial charge in [0.2, 0.25) is 0 Å². The summed E-state index contributed by atoms with van der Waals surface area (Å²) in [6.07, 6.45) is 1.60. The SMILES string of the molecule is C=Cc1ccccc1C(=O)O[Si](OC)OC. The van der Waals surface area contributed by atoms with Crippen LogP contribution in [0.1, 0.15) is 15.9 Å². The van der Waals surface area contributed by atoms with Gasteiger partial charge in [-0.3, -0.25) is 0 Å². The quantitative estimate of drug-likeness (QED) is 0.732. The van der Waals surface area contributed by atoms with E-state index in [0.717, 1.165) is 5.56 Å². The number of rotatable bonds is 5. The lowest BCUT2D eigenvalue weighted by Gasteiger charge is -2.10. The Hall–Kier alpha value is -1.43. The van der Waals surface area contributed by atoms with Crippen LogP contribution in [0.25, 0.3) is 6.08 Å². The molecular formula is C11H13O4Si. The summed E-state index contributed by atoms with van der Waals surface area (Å²) in [5.74, 6) is -0.465. The molecule has 1 rings (SSSR count). The summed E-state index contributed by atoms with van der Waals surface area (Å²) in [5, 5.41) is 0. The Bertz CT molecular complexity index is 374. The molecule has 4 nitrogen and oxygen atoms in total. The van der Waals surface area contributed by atoms with Crippen LogP contribution in [-0.4, -0.2) is 29.7 Å². The van der Waals surface area contributed by atoms with Crippen molar-refractivity contribution in [3.63, 3.8) is 0 Å². The minimum Gasteiger partial charge on any atom is -0.467 e. The van der Waals surface area contributed by atoms with Crippen molar-refractivity contribution < 1.29 is 18.1 Å². The van der Waals surface area contributed by atoms with Gasteiger partial charge in [-0.2, -0.15) is 0 Å². The lowest BCUT2D eigenvalue weighted by molar-refractivity contribution is 0.0598. The van der Waals surface area contributed by atoms with E-state index in [1.807, 2.05) is 6.07 Å². The first-order valence-corrected chi connectivity index (χ1v) is 5.84. The zero-order valence-corrected chi connectivity index (χ0v) is 10.2. The lowest BCUT2D eigenvalue weighted by Crippen LogP contribution is -2.27. The van der Waals surface area contributed by atoms with Gasteiger partial charge in [0.15, 0.2) is 0 Å². The first kappa shape index (κ1) is 12.6. The van der Waals surface area contributed by atoms with Crippen molar-refractivity contribution in [2.24, 2.45) is 0 Å². The zero-order valence-electron chi connectivity index (χ0n) is 9.23. The van der Waals surface area contributed by atoms with Crippen LogP contribution in [-0.2, 0) is 13.3 Å². The maximum atomic E-state index is 11.7. The van der Waals surface area contributed by atoms with Crippen LogP contribution in [0.5, 0.6) is 0 Å². The summed E-state index contributed by atoms with van der Waals surface area (Å²) in [4.78, 5) is 11.7. The number of hydrogen-bond acceptors (Lipinski definition) is 4. The largest absolute Gasteiger partial charge is 0.658 e. The summed E-state index contributed by atoms with van der Waals surface area (Å²) in [5.41, 5.74) is 1.18. The molecule has 85 valence electrons. The standard InChI is InChI=1S/C11H13O4Si/c1-4-9-7-5-6-8-10(9)11(12)15-16(13-2)14-3/h4-8H,1H2,2-3H3. The molecule has 1 aromatic carbocycles. The molecule has 1 radical (unpaired) electrons. The minimum atomic E-state index is -1.98. The van der Waals surface area contributed by atoms with Gasteiger partial charge in [0.05, 0.1) is 5.56 Å². The highest BCUT2D eigenvalue weighted by atomic mass is 28.3. The molecule has 0 spiro atoms. The maximum absolute atomic E-state index is 11.7. The molecule has 0 N–H and O–H groups in total. The maximum Gasteiger partial charge on any atom is 0.658 e. The average molecular weight is 237 g/mol. The third-order valence-corrected chi connectivity index (χ3v) is 2.93. The fraction of sp³-hybridized carbons (Fsp3) is 0.182. The summed E-state index contributed by atoms with van der Waals surface area (Å²) in [6, 6.07) is 7.04. The molecule has 0 fully saturated rings. The average Bonchev–Trinajstić information content (AvgIpc) is 2.35. The van der Waals surface area contributed by atoms with Crippen LogP contribution in [0.3, 0.4) is 0 Å². The van der Waals surface area contributed by atoms with Gasteiger partial charge in [0, 0.05) is 14.2 Å². The molecule has 0 atom stereocenters. The predicted octanol–water partition coefficient (Wildman–Crippen LogP) is 1.76. The zero-order chi connectivity index (χ0) is 12.0. The fourth-order valence-electron chi connectivity index (χ4n) is 1.16. The minimum absolute atomic E-state index is 0.453. The van der Waals surface area contributed by atoms with Crippen molar-refractivity contribution in [2.45, 2.75) is 0 Å². The van der Waals surface area contributed by atoms with Crippen molar-refractivity contribution in [3.8, 4) is 0 Å². The molecule has 0 amide bonds. The summed E-state index contributed by atoms with van der Waals surface area (Å²) >= 11 is 0. The molecule has 5 heteroatoms. The summed E-state index contributed by atoms with van der Waals surface area (Å²) in [7, 11) is 0.892. The van der Waals surface area contributed by atoms with Gasteiger partial charge in [0.1, 0.15) is 0 Å². The third-order valence-electron chi connectivity index (χ3n) is 1.91. The van der Waals surface area contributed by atoms with Crippen LogP contribution in [0, 0.1) is 0 Å². The van der Waals surface area contributed by atoms with Gasteiger partial charge in [-0.1, -0.05) is 30.9 Å².